The molecular formula is C24H17ClN2O3S. The Hall–Kier alpha value is -3.22. The monoisotopic (exact) mass is 448 g/mol. The number of thiophene rings is 1. The van der Waals surface area contributed by atoms with Crippen LogP contribution in [0.3, 0.4) is 0 Å². The molecule has 5 aromatic rings. The first-order valence-electron chi connectivity index (χ1n) is 9.67. The molecule has 0 aliphatic rings. The molecule has 0 unspecified atom stereocenters. The standard InChI is InChI=1S/C24H17ClN2O3S/c1-13-7-18-16(9-21(28)30-20(18)8-14(13)2)10-27-12-26-23-22(24(27)29)19(11-31-23)15-3-5-17(25)6-4-15/h3-9,11-12H,10H2,1-2H3. The van der Waals surface area contributed by atoms with Gasteiger partial charge in [-0.3, -0.25) is 9.36 Å². The summed E-state index contributed by atoms with van der Waals surface area (Å²) in [5, 5.41) is 3.96. The minimum atomic E-state index is -0.440. The molecule has 0 amide bonds. The van der Waals surface area contributed by atoms with Gasteiger partial charge in [0.2, 0.25) is 0 Å². The van der Waals surface area contributed by atoms with Crippen LogP contribution in [0.2, 0.25) is 5.02 Å². The summed E-state index contributed by atoms with van der Waals surface area (Å²) in [4.78, 5) is 30.7. The van der Waals surface area contributed by atoms with Crippen molar-refractivity contribution >= 4 is 44.1 Å². The van der Waals surface area contributed by atoms with Gasteiger partial charge in [-0.05, 0) is 60.4 Å². The number of fused-ring (bicyclic) bond motifs is 2. The average molecular weight is 449 g/mol. The second kappa shape index (κ2) is 7.48. The molecule has 3 aromatic heterocycles. The molecule has 0 aliphatic carbocycles. The van der Waals surface area contributed by atoms with Gasteiger partial charge in [0.1, 0.15) is 10.4 Å². The van der Waals surface area contributed by atoms with Gasteiger partial charge in [-0.2, -0.15) is 0 Å². The molecule has 5 rings (SSSR count). The van der Waals surface area contributed by atoms with Crippen molar-refractivity contribution in [2.75, 3.05) is 0 Å². The van der Waals surface area contributed by atoms with Crippen molar-refractivity contribution in [3.05, 3.63) is 96.7 Å². The third kappa shape index (κ3) is 3.48. The summed E-state index contributed by atoms with van der Waals surface area (Å²) in [5.41, 5.74) is 4.51. The van der Waals surface area contributed by atoms with E-state index in [2.05, 4.69) is 4.98 Å². The van der Waals surface area contributed by atoms with Crippen molar-refractivity contribution < 1.29 is 4.42 Å². The maximum Gasteiger partial charge on any atom is 0.336 e. The second-order valence-corrected chi connectivity index (χ2v) is 8.83. The van der Waals surface area contributed by atoms with Gasteiger partial charge in [0.25, 0.3) is 5.56 Å². The van der Waals surface area contributed by atoms with Gasteiger partial charge in [0.15, 0.2) is 0 Å². The number of benzene rings is 2. The minimum absolute atomic E-state index is 0.151. The van der Waals surface area contributed by atoms with E-state index in [1.165, 1.54) is 28.3 Å². The van der Waals surface area contributed by atoms with E-state index in [4.69, 9.17) is 16.0 Å². The predicted octanol–water partition coefficient (Wildman–Crippen LogP) is 5.55. The zero-order chi connectivity index (χ0) is 21.7. The summed E-state index contributed by atoms with van der Waals surface area (Å²) < 4.78 is 6.92. The summed E-state index contributed by atoms with van der Waals surface area (Å²) in [6.07, 6.45) is 1.54. The first-order chi connectivity index (χ1) is 14.9. The van der Waals surface area contributed by atoms with Crippen LogP contribution in [-0.4, -0.2) is 9.55 Å². The molecule has 31 heavy (non-hydrogen) atoms. The fourth-order valence-electron chi connectivity index (χ4n) is 3.72. The first-order valence-corrected chi connectivity index (χ1v) is 10.9. The second-order valence-electron chi connectivity index (χ2n) is 7.54. The molecule has 3 heterocycles. The lowest BCUT2D eigenvalue weighted by atomic mass is 10.0. The SMILES string of the molecule is Cc1cc2oc(=O)cc(Cn3cnc4scc(-c5ccc(Cl)cc5)c4c3=O)c2cc1C. The van der Waals surface area contributed by atoms with Crippen LogP contribution >= 0.6 is 22.9 Å². The minimum Gasteiger partial charge on any atom is -0.423 e. The van der Waals surface area contributed by atoms with E-state index < -0.39 is 5.63 Å². The molecule has 0 radical (unpaired) electrons. The number of hydrogen-bond donors (Lipinski definition) is 0. The van der Waals surface area contributed by atoms with Crippen LogP contribution in [0, 0.1) is 13.8 Å². The topological polar surface area (TPSA) is 65.1 Å². The molecule has 0 N–H and O–H groups in total. The van der Waals surface area contributed by atoms with E-state index in [1.54, 1.807) is 12.1 Å². The summed E-state index contributed by atoms with van der Waals surface area (Å²) in [6.45, 7) is 4.20. The van der Waals surface area contributed by atoms with Crippen molar-refractivity contribution in [2.24, 2.45) is 0 Å². The summed E-state index contributed by atoms with van der Waals surface area (Å²) >= 11 is 7.44. The lowest BCUT2D eigenvalue weighted by Gasteiger charge is -2.10. The number of aromatic nitrogens is 2. The third-order valence-corrected chi connectivity index (χ3v) is 6.64. The van der Waals surface area contributed by atoms with Gasteiger partial charge >= 0.3 is 5.63 Å². The Bertz CT molecular complexity index is 1580. The Morgan fingerprint density at radius 1 is 1.06 bits per heavy atom. The Morgan fingerprint density at radius 2 is 1.81 bits per heavy atom. The summed E-state index contributed by atoms with van der Waals surface area (Å²) in [5.74, 6) is 0. The van der Waals surface area contributed by atoms with Crippen molar-refractivity contribution in [1.82, 2.24) is 9.55 Å². The van der Waals surface area contributed by atoms with Crippen LogP contribution in [0.25, 0.3) is 32.3 Å². The highest BCUT2D eigenvalue weighted by molar-refractivity contribution is 7.17. The predicted molar refractivity (Wildman–Crippen MR) is 125 cm³/mol. The van der Waals surface area contributed by atoms with Crippen LogP contribution in [0.5, 0.6) is 0 Å². The van der Waals surface area contributed by atoms with Crippen molar-refractivity contribution in [2.45, 2.75) is 20.4 Å². The van der Waals surface area contributed by atoms with E-state index in [0.29, 0.717) is 20.8 Å². The molecule has 5 nitrogen and oxygen atoms in total. The fourth-order valence-corrected chi connectivity index (χ4v) is 4.75. The van der Waals surface area contributed by atoms with Gasteiger partial charge in [-0.15, -0.1) is 11.3 Å². The molecule has 7 heteroatoms. The highest BCUT2D eigenvalue weighted by Crippen LogP contribution is 2.31. The van der Waals surface area contributed by atoms with Gasteiger partial charge < -0.3 is 4.42 Å². The van der Waals surface area contributed by atoms with Crippen LogP contribution in [0.15, 0.2) is 68.2 Å². The Labute approximate surface area is 186 Å². The smallest absolute Gasteiger partial charge is 0.336 e. The van der Waals surface area contributed by atoms with E-state index >= 15 is 0 Å². The van der Waals surface area contributed by atoms with Crippen molar-refractivity contribution in [1.29, 1.82) is 0 Å². The number of halogens is 1. The van der Waals surface area contributed by atoms with Crippen LogP contribution in [0.1, 0.15) is 16.7 Å². The molecule has 2 aromatic carbocycles. The van der Waals surface area contributed by atoms with Crippen molar-refractivity contribution in [3.8, 4) is 11.1 Å². The zero-order valence-corrected chi connectivity index (χ0v) is 18.4. The molecule has 154 valence electrons. The largest absolute Gasteiger partial charge is 0.423 e. The van der Waals surface area contributed by atoms with Gasteiger partial charge in [-0.1, -0.05) is 23.7 Å². The Kier molecular flexibility index (Phi) is 4.76. The van der Waals surface area contributed by atoms with Gasteiger partial charge in [0.05, 0.1) is 18.3 Å². The molecule has 0 fully saturated rings. The average Bonchev–Trinajstić information content (AvgIpc) is 3.17. The lowest BCUT2D eigenvalue weighted by molar-refractivity contribution is 0.557. The quantitative estimate of drug-likeness (QED) is 0.339. The molecule has 0 saturated carbocycles. The van der Waals surface area contributed by atoms with E-state index in [9.17, 15) is 9.59 Å². The van der Waals surface area contributed by atoms with E-state index in [-0.39, 0.29) is 12.1 Å². The van der Waals surface area contributed by atoms with Crippen LogP contribution < -0.4 is 11.2 Å². The number of hydrogen-bond acceptors (Lipinski definition) is 5. The normalized spacial score (nSPS) is 11.5. The van der Waals surface area contributed by atoms with E-state index in [0.717, 1.165) is 33.2 Å². The number of aryl methyl sites for hydroxylation is 2. The maximum absolute atomic E-state index is 13.4. The van der Waals surface area contributed by atoms with Crippen molar-refractivity contribution in [3.63, 3.8) is 0 Å². The first kappa shape index (κ1) is 19.7. The molecule has 0 saturated heterocycles. The third-order valence-electron chi connectivity index (χ3n) is 5.50. The van der Waals surface area contributed by atoms with Gasteiger partial charge in [0, 0.05) is 27.4 Å². The highest BCUT2D eigenvalue weighted by atomic mass is 35.5. The molecule has 0 spiro atoms. The van der Waals surface area contributed by atoms with Gasteiger partial charge in [-0.25, -0.2) is 9.78 Å². The zero-order valence-electron chi connectivity index (χ0n) is 16.8. The molecular weight excluding hydrogens is 432 g/mol. The molecule has 0 bridgehead atoms. The fraction of sp³-hybridized carbons (Fsp3) is 0.125. The van der Waals surface area contributed by atoms with Crippen LogP contribution in [-0.2, 0) is 6.54 Å². The number of nitrogens with zero attached hydrogens (tertiary/aromatic N) is 2. The summed E-state index contributed by atoms with van der Waals surface area (Å²) in [7, 11) is 0. The Balaban J connectivity index is 1.67. The number of rotatable bonds is 3. The maximum atomic E-state index is 13.4. The highest BCUT2D eigenvalue weighted by Gasteiger charge is 2.15. The Morgan fingerprint density at radius 3 is 2.58 bits per heavy atom. The molecule has 0 atom stereocenters. The van der Waals surface area contributed by atoms with E-state index in [1.807, 2.05) is 43.5 Å². The molecule has 0 aliphatic heterocycles. The summed E-state index contributed by atoms with van der Waals surface area (Å²) in [6, 6.07) is 12.7. The van der Waals surface area contributed by atoms with Crippen LogP contribution in [0.4, 0.5) is 0 Å². The lowest BCUT2D eigenvalue weighted by Crippen LogP contribution is -2.21.